The molecule has 1 aromatic rings. The number of rotatable bonds is 6. The maximum Gasteiger partial charge on any atom is 0.352 e. The Bertz CT molecular complexity index is 625. The number of aromatic carboxylic acids is 1. The van der Waals surface area contributed by atoms with E-state index in [1.165, 1.54) is 13.8 Å². The third-order valence-corrected chi connectivity index (χ3v) is 4.34. The van der Waals surface area contributed by atoms with Crippen molar-refractivity contribution in [2.45, 2.75) is 31.6 Å². The lowest BCUT2D eigenvalue weighted by Crippen LogP contribution is -2.25. The van der Waals surface area contributed by atoms with Crippen LogP contribution in [-0.4, -0.2) is 31.0 Å². The molecular weight excluding hydrogens is 270 g/mol. The van der Waals surface area contributed by atoms with Crippen molar-refractivity contribution >= 4 is 16.0 Å². The van der Waals surface area contributed by atoms with Gasteiger partial charge >= 0.3 is 5.97 Å². The summed E-state index contributed by atoms with van der Waals surface area (Å²) in [7, 11) is -3.77. The number of nitrogens with zero attached hydrogens (tertiary/aromatic N) is 1. The van der Waals surface area contributed by atoms with Gasteiger partial charge in [0.1, 0.15) is 10.6 Å². The average molecular weight is 285 g/mol. The molecule has 0 atom stereocenters. The minimum atomic E-state index is -3.77. The number of nitriles is 1. The lowest BCUT2D eigenvalue weighted by atomic mass is 10.2. The highest BCUT2D eigenvalue weighted by Gasteiger charge is 2.25. The van der Waals surface area contributed by atoms with E-state index in [0.717, 1.165) is 0 Å². The number of aryl methyl sites for hydroxylation is 1. The summed E-state index contributed by atoms with van der Waals surface area (Å²) >= 11 is 0. The van der Waals surface area contributed by atoms with E-state index in [-0.39, 0.29) is 34.8 Å². The van der Waals surface area contributed by atoms with Crippen LogP contribution in [0.5, 0.6) is 0 Å². The number of carboxylic acid groups (broad SMARTS) is 1. The topological polar surface area (TPSA) is 123 Å². The van der Waals surface area contributed by atoms with Crippen molar-refractivity contribution in [1.82, 2.24) is 9.71 Å². The Morgan fingerprint density at radius 2 is 2.11 bits per heavy atom. The molecule has 0 spiro atoms. The predicted molar refractivity (Wildman–Crippen MR) is 67.3 cm³/mol. The number of aromatic nitrogens is 1. The molecule has 3 N–H and O–H groups in total. The SMILES string of the molecule is Cc1[nH]c(C(=O)O)c(C)c1S(=O)(=O)NCCCC#N. The maximum absolute atomic E-state index is 12.1. The molecule has 0 bridgehead atoms. The van der Waals surface area contributed by atoms with Gasteiger partial charge in [-0.1, -0.05) is 0 Å². The van der Waals surface area contributed by atoms with Gasteiger partial charge in [-0.15, -0.1) is 0 Å². The van der Waals surface area contributed by atoms with E-state index in [2.05, 4.69) is 9.71 Å². The minimum Gasteiger partial charge on any atom is -0.477 e. The molecule has 1 rings (SSSR count). The number of carbonyl (C=O) groups is 1. The molecule has 104 valence electrons. The number of nitrogens with one attached hydrogen (secondary N) is 2. The first kappa shape index (κ1) is 15.2. The quantitative estimate of drug-likeness (QED) is 0.670. The van der Waals surface area contributed by atoms with E-state index in [9.17, 15) is 13.2 Å². The Hall–Kier alpha value is -1.85. The highest BCUT2D eigenvalue weighted by molar-refractivity contribution is 7.89. The van der Waals surface area contributed by atoms with Crippen molar-refractivity contribution in [3.8, 4) is 6.07 Å². The number of hydrogen-bond donors (Lipinski definition) is 3. The highest BCUT2D eigenvalue weighted by atomic mass is 32.2. The van der Waals surface area contributed by atoms with Gasteiger partial charge in [0.15, 0.2) is 0 Å². The second-order valence-corrected chi connectivity index (χ2v) is 5.75. The number of H-pyrrole nitrogens is 1. The maximum atomic E-state index is 12.1. The summed E-state index contributed by atoms with van der Waals surface area (Å²) in [6, 6.07) is 1.92. The molecule has 0 unspecified atom stereocenters. The third-order valence-electron chi connectivity index (χ3n) is 2.61. The molecule has 0 saturated heterocycles. The zero-order chi connectivity index (χ0) is 14.6. The summed E-state index contributed by atoms with van der Waals surface area (Å²) < 4.78 is 26.5. The zero-order valence-corrected chi connectivity index (χ0v) is 11.5. The second kappa shape index (κ2) is 5.86. The lowest BCUT2D eigenvalue weighted by molar-refractivity contribution is 0.0690. The summed E-state index contributed by atoms with van der Waals surface area (Å²) in [6.07, 6.45) is 0.665. The van der Waals surface area contributed by atoms with Crippen LogP contribution in [-0.2, 0) is 10.0 Å². The van der Waals surface area contributed by atoms with Crippen molar-refractivity contribution < 1.29 is 18.3 Å². The fourth-order valence-corrected chi connectivity index (χ4v) is 3.31. The number of hydrogen-bond acceptors (Lipinski definition) is 4. The van der Waals surface area contributed by atoms with E-state index >= 15 is 0 Å². The first-order valence-electron chi connectivity index (χ1n) is 5.60. The van der Waals surface area contributed by atoms with Crippen LogP contribution in [0.1, 0.15) is 34.6 Å². The van der Waals surface area contributed by atoms with Crippen molar-refractivity contribution in [2.75, 3.05) is 6.54 Å². The van der Waals surface area contributed by atoms with Crippen LogP contribution < -0.4 is 4.72 Å². The molecule has 19 heavy (non-hydrogen) atoms. The molecule has 0 aromatic carbocycles. The van der Waals surface area contributed by atoms with Crippen molar-refractivity contribution in [2.24, 2.45) is 0 Å². The molecule has 7 nitrogen and oxygen atoms in total. The lowest BCUT2D eigenvalue weighted by Gasteiger charge is -2.06. The third kappa shape index (κ3) is 3.33. The normalized spacial score (nSPS) is 11.2. The largest absolute Gasteiger partial charge is 0.477 e. The van der Waals surface area contributed by atoms with E-state index in [0.29, 0.717) is 6.42 Å². The smallest absolute Gasteiger partial charge is 0.352 e. The molecule has 0 saturated carbocycles. The molecule has 1 heterocycles. The van der Waals surface area contributed by atoms with Crippen molar-refractivity contribution in [3.63, 3.8) is 0 Å². The molecule has 0 aliphatic rings. The average Bonchev–Trinajstić information content (AvgIpc) is 2.61. The molecule has 0 aliphatic heterocycles. The Labute approximate surface area is 111 Å². The molecular formula is C11H15N3O4S. The monoisotopic (exact) mass is 285 g/mol. The summed E-state index contributed by atoms with van der Waals surface area (Å²) in [5, 5.41) is 17.3. The first-order valence-corrected chi connectivity index (χ1v) is 7.08. The molecule has 8 heteroatoms. The van der Waals surface area contributed by atoms with Gasteiger partial charge in [0.05, 0.1) is 6.07 Å². The molecule has 0 radical (unpaired) electrons. The number of aromatic amines is 1. The Balaban J connectivity index is 3.02. The Kier molecular flexibility index (Phi) is 4.69. The summed E-state index contributed by atoms with van der Waals surface area (Å²) in [6.45, 7) is 3.09. The van der Waals surface area contributed by atoms with Crippen LogP contribution in [0, 0.1) is 25.2 Å². The highest BCUT2D eigenvalue weighted by Crippen LogP contribution is 2.22. The predicted octanol–water partition coefficient (Wildman–Crippen LogP) is 0.912. The van der Waals surface area contributed by atoms with Gasteiger partial charge in [-0.25, -0.2) is 17.9 Å². The van der Waals surface area contributed by atoms with Crippen LogP contribution in [0.4, 0.5) is 0 Å². The molecule has 0 fully saturated rings. The Morgan fingerprint density at radius 3 is 2.58 bits per heavy atom. The van der Waals surface area contributed by atoms with Gasteiger partial charge in [0.2, 0.25) is 10.0 Å². The fraction of sp³-hybridized carbons (Fsp3) is 0.455. The van der Waals surface area contributed by atoms with Gasteiger partial charge in [0.25, 0.3) is 0 Å². The van der Waals surface area contributed by atoms with E-state index < -0.39 is 16.0 Å². The van der Waals surface area contributed by atoms with E-state index in [1.54, 1.807) is 0 Å². The van der Waals surface area contributed by atoms with Gasteiger partial charge in [-0.3, -0.25) is 0 Å². The zero-order valence-electron chi connectivity index (χ0n) is 10.6. The number of sulfonamides is 1. The van der Waals surface area contributed by atoms with Gasteiger partial charge < -0.3 is 10.1 Å². The molecule has 1 aromatic heterocycles. The van der Waals surface area contributed by atoms with Crippen LogP contribution in [0.3, 0.4) is 0 Å². The second-order valence-electron chi connectivity index (χ2n) is 4.04. The summed E-state index contributed by atoms with van der Waals surface area (Å²) in [5.41, 5.74) is 0.329. The standard InChI is InChI=1S/C11H15N3O4S/c1-7-9(11(15)16)14-8(2)10(7)19(17,18)13-6-4-3-5-12/h13-14H,3-4,6H2,1-2H3,(H,15,16). The van der Waals surface area contributed by atoms with Crippen LogP contribution >= 0.6 is 0 Å². The van der Waals surface area contributed by atoms with E-state index in [1.807, 2.05) is 6.07 Å². The Morgan fingerprint density at radius 1 is 1.47 bits per heavy atom. The first-order chi connectivity index (χ1) is 8.81. The van der Waals surface area contributed by atoms with Crippen molar-refractivity contribution in [1.29, 1.82) is 5.26 Å². The number of unbranched alkanes of at least 4 members (excludes halogenated alkanes) is 1. The van der Waals surface area contributed by atoms with E-state index in [4.69, 9.17) is 10.4 Å². The van der Waals surface area contributed by atoms with Crippen molar-refractivity contribution in [3.05, 3.63) is 17.0 Å². The summed E-state index contributed by atoms with van der Waals surface area (Å²) in [4.78, 5) is 13.4. The van der Waals surface area contributed by atoms with Gasteiger partial charge in [-0.2, -0.15) is 5.26 Å². The number of carboxylic acids is 1. The van der Waals surface area contributed by atoms with Crippen LogP contribution in [0.25, 0.3) is 0 Å². The van der Waals surface area contributed by atoms with Crippen LogP contribution in [0.15, 0.2) is 4.90 Å². The van der Waals surface area contributed by atoms with Gasteiger partial charge in [0, 0.05) is 24.2 Å². The molecule has 0 amide bonds. The van der Waals surface area contributed by atoms with Crippen LogP contribution in [0.2, 0.25) is 0 Å². The fourth-order valence-electron chi connectivity index (χ4n) is 1.80. The molecule has 0 aliphatic carbocycles. The van der Waals surface area contributed by atoms with Gasteiger partial charge in [-0.05, 0) is 20.3 Å². The minimum absolute atomic E-state index is 0.0399. The summed E-state index contributed by atoms with van der Waals surface area (Å²) in [5.74, 6) is -1.20.